The van der Waals surface area contributed by atoms with Crippen LogP contribution in [-0.4, -0.2) is 19.3 Å². The van der Waals surface area contributed by atoms with Crippen molar-refractivity contribution in [1.29, 1.82) is 0 Å². The first kappa shape index (κ1) is 24.0. The molecule has 31 heavy (non-hydrogen) atoms. The number of ether oxygens (including phenoxy) is 2. The first-order valence-electron chi connectivity index (χ1n) is 12.7. The van der Waals surface area contributed by atoms with Gasteiger partial charge in [-0.15, -0.1) is 0 Å². The smallest absolute Gasteiger partial charge is 0.121 e. The van der Waals surface area contributed by atoms with E-state index < -0.39 is 5.60 Å². The highest BCUT2D eigenvalue weighted by molar-refractivity contribution is 5.37. The number of rotatable bonds is 16. The second-order valence-electron chi connectivity index (χ2n) is 9.13. The first-order valence-corrected chi connectivity index (χ1v) is 12.7. The van der Waals surface area contributed by atoms with Crippen LogP contribution >= 0.6 is 0 Å². The quantitative estimate of drug-likeness (QED) is 0.202. The summed E-state index contributed by atoms with van der Waals surface area (Å²) in [5, 5.41) is 0. The fourth-order valence-electron chi connectivity index (χ4n) is 4.86. The van der Waals surface area contributed by atoms with E-state index in [-0.39, 0.29) is 6.10 Å². The largest absolute Gasteiger partial charge is 0.371 e. The second-order valence-corrected chi connectivity index (χ2v) is 9.13. The van der Waals surface area contributed by atoms with Crippen molar-refractivity contribution >= 4 is 0 Å². The molecule has 1 saturated heterocycles. The van der Waals surface area contributed by atoms with E-state index >= 15 is 0 Å². The van der Waals surface area contributed by atoms with Gasteiger partial charge in [-0.05, 0) is 29.9 Å². The summed E-state index contributed by atoms with van der Waals surface area (Å²) in [7, 11) is 0. The molecule has 170 valence electrons. The highest BCUT2D eigenvalue weighted by Crippen LogP contribution is 2.45. The maximum atomic E-state index is 6.96. The molecule has 1 unspecified atom stereocenters. The maximum absolute atomic E-state index is 6.96. The van der Waals surface area contributed by atoms with Gasteiger partial charge in [0.15, 0.2) is 0 Å². The van der Waals surface area contributed by atoms with Crippen molar-refractivity contribution in [2.75, 3.05) is 13.2 Å². The van der Waals surface area contributed by atoms with E-state index in [0.717, 1.165) is 6.61 Å². The lowest BCUT2D eigenvalue weighted by Crippen LogP contribution is -2.40. The molecule has 2 atom stereocenters. The maximum Gasteiger partial charge on any atom is 0.121 e. The molecule has 0 amide bonds. The molecular formula is C29H42O2. The van der Waals surface area contributed by atoms with Crippen molar-refractivity contribution in [2.24, 2.45) is 5.92 Å². The molecule has 1 aliphatic rings. The van der Waals surface area contributed by atoms with Crippen LogP contribution in [0.5, 0.6) is 0 Å². The third-order valence-electron chi connectivity index (χ3n) is 6.69. The van der Waals surface area contributed by atoms with Crippen LogP contribution in [-0.2, 0) is 15.1 Å². The van der Waals surface area contributed by atoms with Crippen molar-refractivity contribution in [3.63, 3.8) is 0 Å². The number of hydrogen-bond donors (Lipinski definition) is 0. The third kappa shape index (κ3) is 6.92. The summed E-state index contributed by atoms with van der Waals surface area (Å²) in [6.07, 6.45) is 13.1. The van der Waals surface area contributed by atoms with Gasteiger partial charge in [0.1, 0.15) is 11.7 Å². The number of epoxide rings is 1. The molecule has 0 saturated carbocycles. The van der Waals surface area contributed by atoms with Gasteiger partial charge in [-0.2, -0.15) is 0 Å². The fourth-order valence-corrected chi connectivity index (χ4v) is 4.86. The van der Waals surface area contributed by atoms with Gasteiger partial charge in [0, 0.05) is 0 Å². The Kier molecular flexibility index (Phi) is 10.1. The fraction of sp³-hybridized carbons (Fsp3) is 0.586. The first-order chi connectivity index (χ1) is 15.3. The van der Waals surface area contributed by atoms with E-state index in [4.69, 9.17) is 9.47 Å². The Hall–Kier alpha value is -1.64. The highest BCUT2D eigenvalue weighted by atomic mass is 16.6. The lowest BCUT2D eigenvalue weighted by Gasteiger charge is -2.42. The molecule has 0 N–H and O–H groups in total. The van der Waals surface area contributed by atoms with Crippen LogP contribution in [0.15, 0.2) is 60.7 Å². The minimum atomic E-state index is -0.410. The number of hydrogen-bond acceptors (Lipinski definition) is 2. The zero-order valence-corrected chi connectivity index (χ0v) is 19.7. The minimum Gasteiger partial charge on any atom is -0.371 e. The van der Waals surface area contributed by atoms with Gasteiger partial charge in [0.05, 0.1) is 13.2 Å². The van der Waals surface area contributed by atoms with Crippen LogP contribution in [0.3, 0.4) is 0 Å². The zero-order valence-electron chi connectivity index (χ0n) is 19.7. The van der Waals surface area contributed by atoms with Crippen LogP contribution in [0.2, 0.25) is 0 Å². The van der Waals surface area contributed by atoms with Crippen molar-refractivity contribution < 1.29 is 9.47 Å². The summed E-state index contributed by atoms with van der Waals surface area (Å²) in [5.41, 5.74) is 2.16. The summed E-state index contributed by atoms with van der Waals surface area (Å²) >= 11 is 0. The lowest BCUT2D eigenvalue weighted by atomic mass is 9.71. The van der Waals surface area contributed by atoms with E-state index in [0.29, 0.717) is 12.5 Å². The van der Waals surface area contributed by atoms with Crippen LogP contribution in [0.4, 0.5) is 0 Å². The average Bonchev–Trinajstić information content (AvgIpc) is 3.65. The molecule has 2 aromatic carbocycles. The summed E-state index contributed by atoms with van der Waals surface area (Å²) in [5.74, 6) is 0.460. The van der Waals surface area contributed by atoms with Gasteiger partial charge in [-0.25, -0.2) is 0 Å². The van der Waals surface area contributed by atoms with Crippen LogP contribution in [0, 0.1) is 5.92 Å². The van der Waals surface area contributed by atoms with Gasteiger partial charge in [0.25, 0.3) is 0 Å². The Bertz CT molecular complexity index is 669. The summed E-state index contributed by atoms with van der Waals surface area (Å²) < 4.78 is 12.5. The minimum absolute atomic E-state index is 0.257. The van der Waals surface area contributed by atoms with Crippen molar-refractivity contribution in [2.45, 2.75) is 89.8 Å². The van der Waals surface area contributed by atoms with Gasteiger partial charge in [0.2, 0.25) is 0 Å². The van der Waals surface area contributed by atoms with Gasteiger partial charge >= 0.3 is 0 Å². The molecule has 0 aromatic heterocycles. The molecule has 1 heterocycles. The van der Waals surface area contributed by atoms with E-state index in [1.807, 2.05) is 0 Å². The molecular weight excluding hydrogens is 380 g/mol. The molecule has 2 heteroatoms. The zero-order chi connectivity index (χ0) is 21.8. The van der Waals surface area contributed by atoms with Gasteiger partial charge in [-0.1, -0.05) is 126 Å². The number of benzene rings is 2. The Morgan fingerprint density at radius 1 is 0.774 bits per heavy atom. The topological polar surface area (TPSA) is 21.8 Å². The van der Waals surface area contributed by atoms with Crippen LogP contribution in [0.1, 0.15) is 89.2 Å². The molecule has 2 aromatic rings. The van der Waals surface area contributed by atoms with E-state index in [1.54, 1.807) is 0 Å². The molecule has 1 fully saturated rings. The van der Waals surface area contributed by atoms with Gasteiger partial charge < -0.3 is 9.47 Å². The summed E-state index contributed by atoms with van der Waals surface area (Å²) in [6.45, 7) is 6.09. The van der Waals surface area contributed by atoms with E-state index in [2.05, 4.69) is 74.5 Å². The van der Waals surface area contributed by atoms with Gasteiger partial charge in [-0.3, -0.25) is 0 Å². The predicted octanol–water partition coefficient (Wildman–Crippen LogP) is 7.90. The summed E-state index contributed by atoms with van der Waals surface area (Å²) in [6, 6.07) is 21.9. The SMILES string of the molecule is CCCCCCCCC(CCCC)C(OC[C@@H]1CO1)(c1ccccc1)c1ccccc1. The molecule has 0 aliphatic carbocycles. The predicted molar refractivity (Wildman–Crippen MR) is 130 cm³/mol. The monoisotopic (exact) mass is 422 g/mol. The lowest BCUT2D eigenvalue weighted by molar-refractivity contribution is -0.0733. The second kappa shape index (κ2) is 13.0. The molecule has 3 rings (SSSR count). The number of unbranched alkanes of at least 4 members (excludes halogenated alkanes) is 6. The molecule has 0 bridgehead atoms. The molecule has 1 aliphatic heterocycles. The molecule has 2 nitrogen and oxygen atoms in total. The average molecular weight is 423 g/mol. The van der Waals surface area contributed by atoms with Crippen LogP contribution in [0.25, 0.3) is 0 Å². The Balaban J connectivity index is 1.91. The van der Waals surface area contributed by atoms with Crippen LogP contribution < -0.4 is 0 Å². The van der Waals surface area contributed by atoms with Crippen molar-refractivity contribution in [1.82, 2.24) is 0 Å². The standard InChI is InChI=1S/C29H42O2/c1-3-5-7-8-9-12-18-25(17-6-4-2)29(31-24-28-23-30-28,26-19-13-10-14-20-26)27-21-15-11-16-22-27/h10-11,13-16,19-22,25,28H,3-9,12,17-18,23-24H2,1-2H3/t25?,28-/m0/s1. The summed E-state index contributed by atoms with van der Waals surface area (Å²) in [4.78, 5) is 0. The molecule has 0 radical (unpaired) electrons. The van der Waals surface area contributed by atoms with Crippen molar-refractivity contribution in [3.8, 4) is 0 Å². The highest BCUT2D eigenvalue weighted by Gasteiger charge is 2.43. The normalized spacial score (nSPS) is 16.9. The Morgan fingerprint density at radius 2 is 1.29 bits per heavy atom. The third-order valence-corrected chi connectivity index (χ3v) is 6.69. The van der Waals surface area contributed by atoms with Crippen molar-refractivity contribution in [3.05, 3.63) is 71.8 Å². The van der Waals surface area contributed by atoms with E-state index in [1.165, 1.54) is 75.3 Å². The van der Waals surface area contributed by atoms with E-state index in [9.17, 15) is 0 Å². The Labute approximate surface area is 190 Å². The molecule has 0 spiro atoms. The Morgan fingerprint density at radius 3 is 1.84 bits per heavy atom.